The summed E-state index contributed by atoms with van der Waals surface area (Å²) in [7, 11) is 0.930. The van der Waals surface area contributed by atoms with E-state index in [4.69, 9.17) is 0 Å². The summed E-state index contributed by atoms with van der Waals surface area (Å²) in [5, 5.41) is 1.34. The van der Waals surface area contributed by atoms with Crippen molar-refractivity contribution in [1.29, 1.82) is 0 Å². The molecule has 1 rings (SSSR count). The summed E-state index contributed by atoms with van der Waals surface area (Å²) in [5.41, 5.74) is 0.700. The van der Waals surface area contributed by atoms with Crippen LogP contribution in [0.4, 0.5) is 0 Å². The minimum absolute atomic E-state index is 0.123. The highest BCUT2D eigenvalue weighted by atomic mass is 32.2. The summed E-state index contributed by atoms with van der Waals surface area (Å²) < 4.78 is 28.1. The van der Waals surface area contributed by atoms with Crippen molar-refractivity contribution in [3.8, 4) is 0 Å². The van der Waals surface area contributed by atoms with Crippen molar-refractivity contribution in [2.45, 2.75) is 11.3 Å². The van der Waals surface area contributed by atoms with Gasteiger partial charge in [0.1, 0.15) is 0 Å². The third-order valence-corrected chi connectivity index (χ3v) is 3.61. The number of hydrogen-bond donors (Lipinski definition) is 1. The number of benzene rings is 1. The van der Waals surface area contributed by atoms with Crippen LogP contribution in [-0.4, -0.2) is 40.6 Å². The zero-order valence-electron chi connectivity index (χ0n) is 10.5. The molecule has 1 N–H and O–H groups in total. The molecular weight excluding hydrogens is 256 g/mol. The van der Waals surface area contributed by atoms with Gasteiger partial charge in [-0.05, 0) is 17.7 Å². The summed E-state index contributed by atoms with van der Waals surface area (Å²) in [4.78, 5) is 13.5. The second-order valence-electron chi connectivity index (χ2n) is 3.89. The van der Waals surface area contributed by atoms with E-state index in [9.17, 15) is 13.2 Å². The molecule has 0 unspecified atom stereocenters. The number of hydrogen-bond acceptors (Lipinski definition) is 5. The Labute approximate surface area is 107 Å². The molecule has 7 heteroatoms. The Morgan fingerprint density at radius 1 is 1.28 bits per heavy atom. The second kappa shape index (κ2) is 5.94. The van der Waals surface area contributed by atoms with Crippen molar-refractivity contribution in [2.75, 3.05) is 21.2 Å². The lowest BCUT2D eigenvalue weighted by molar-refractivity contribution is -0.139. The number of nitrogens with one attached hydrogen (secondary N) is 1. The molecule has 0 bridgehead atoms. The molecule has 0 aliphatic carbocycles. The second-order valence-corrected chi connectivity index (χ2v) is 5.55. The van der Waals surface area contributed by atoms with Gasteiger partial charge < -0.3 is 4.74 Å². The van der Waals surface area contributed by atoms with Crippen molar-refractivity contribution in [3.05, 3.63) is 29.8 Å². The summed E-state index contributed by atoms with van der Waals surface area (Å²) >= 11 is 0. The zero-order valence-corrected chi connectivity index (χ0v) is 11.3. The van der Waals surface area contributed by atoms with Crippen molar-refractivity contribution in [1.82, 2.24) is 9.84 Å². The largest absolute Gasteiger partial charge is 0.469 e. The third kappa shape index (κ3) is 4.10. The first kappa shape index (κ1) is 14.6. The summed E-state index contributed by atoms with van der Waals surface area (Å²) in [5.74, 6) is -0.364. The first-order valence-corrected chi connectivity index (χ1v) is 6.69. The van der Waals surface area contributed by atoms with Gasteiger partial charge in [0.05, 0.1) is 18.4 Å². The molecule has 0 fully saturated rings. The summed E-state index contributed by atoms with van der Waals surface area (Å²) in [6, 6.07) is 6.07. The average Bonchev–Trinajstić information content (AvgIpc) is 2.28. The first-order valence-electron chi connectivity index (χ1n) is 5.20. The molecule has 6 nitrogen and oxygen atoms in total. The highest BCUT2D eigenvalue weighted by Gasteiger charge is 2.14. The van der Waals surface area contributed by atoms with E-state index in [1.54, 1.807) is 26.2 Å². The maximum atomic E-state index is 11.8. The van der Waals surface area contributed by atoms with E-state index >= 15 is 0 Å². The highest BCUT2D eigenvalue weighted by molar-refractivity contribution is 7.89. The van der Waals surface area contributed by atoms with Gasteiger partial charge in [-0.3, -0.25) is 4.79 Å². The van der Waals surface area contributed by atoms with Crippen molar-refractivity contribution >= 4 is 16.0 Å². The van der Waals surface area contributed by atoms with Crippen LogP contribution in [0.3, 0.4) is 0 Å². The molecule has 0 aliphatic rings. The number of ether oxygens (including phenoxy) is 1. The number of nitrogens with zero attached hydrogens (tertiary/aromatic N) is 1. The average molecular weight is 272 g/mol. The molecule has 0 aromatic heterocycles. The SMILES string of the molecule is COC(=O)Cc1ccc(S(=O)(=O)NN(C)C)cc1. The van der Waals surface area contributed by atoms with E-state index in [0.717, 1.165) is 0 Å². The molecule has 100 valence electrons. The Morgan fingerprint density at radius 2 is 1.83 bits per heavy atom. The van der Waals surface area contributed by atoms with Crippen LogP contribution < -0.4 is 4.83 Å². The van der Waals surface area contributed by atoms with Gasteiger partial charge in [-0.2, -0.15) is 0 Å². The van der Waals surface area contributed by atoms with Crippen LogP contribution in [0.5, 0.6) is 0 Å². The van der Waals surface area contributed by atoms with Crippen molar-refractivity contribution in [2.24, 2.45) is 0 Å². The van der Waals surface area contributed by atoms with Gasteiger partial charge >= 0.3 is 5.97 Å². The van der Waals surface area contributed by atoms with Crippen LogP contribution in [0.15, 0.2) is 29.2 Å². The van der Waals surface area contributed by atoms with E-state index in [1.165, 1.54) is 24.3 Å². The summed E-state index contributed by atoms with van der Waals surface area (Å²) in [6.07, 6.45) is 0.123. The van der Waals surface area contributed by atoms with Gasteiger partial charge in [0, 0.05) is 14.1 Å². The fourth-order valence-corrected chi connectivity index (χ4v) is 2.40. The molecule has 0 aliphatic heterocycles. The molecule has 1 aromatic rings. The molecule has 1 aromatic carbocycles. The van der Waals surface area contributed by atoms with Gasteiger partial charge in [-0.15, -0.1) is 4.83 Å². The standard InChI is InChI=1S/C11H16N2O4S/c1-13(2)12-18(15,16)10-6-4-9(5-7-10)8-11(14)17-3/h4-7,12H,8H2,1-3H3. The molecule has 0 saturated carbocycles. The van der Waals surface area contributed by atoms with E-state index in [0.29, 0.717) is 5.56 Å². The molecule has 0 saturated heterocycles. The summed E-state index contributed by atoms with van der Waals surface area (Å²) in [6.45, 7) is 0. The predicted molar refractivity (Wildman–Crippen MR) is 66.2 cm³/mol. The molecule has 0 spiro atoms. The lowest BCUT2D eigenvalue weighted by Crippen LogP contribution is -2.36. The minimum atomic E-state index is -3.55. The van der Waals surface area contributed by atoms with Crippen LogP contribution in [0.1, 0.15) is 5.56 Å². The number of hydrazine groups is 1. The number of esters is 1. The predicted octanol–water partition coefficient (Wildman–Crippen LogP) is 0.157. The van der Waals surface area contributed by atoms with E-state index in [1.807, 2.05) is 0 Å². The maximum absolute atomic E-state index is 11.8. The van der Waals surface area contributed by atoms with E-state index < -0.39 is 10.0 Å². The molecular formula is C11H16N2O4S. The molecule has 0 atom stereocenters. The van der Waals surface area contributed by atoms with Crippen LogP contribution in [0.2, 0.25) is 0 Å². The molecule has 18 heavy (non-hydrogen) atoms. The number of carbonyl (C=O) groups is 1. The first-order chi connectivity index (χ1) is 8.35. The maximum Gasteiger partial charge on any atom is 0.309 e. The lowest BCUT2D eigenvalue weighted by Gasteiger charge is -2.12. The Kier molecular flexibility index (Phi) is 4.83. The quantitative estimate of drug-likeness (QED) is 0.610. The Bertz CT molecular complexity index is 508. The normalized spacial score (nSPS) is 11.6. The minimum Gasteiger partial charge on any atom is -0.469 e. The smallest absolute Gasteiger partial charge is 0.309 e. The Balaban J connectivity index is 2.86. The van der Waals surface area contributed by atoms with Gasteiger partial charge in [0.25, 0.3) is 10.0 Å². The van der Waals surface area contributed by atoms with Crippen LogP contribution in [0.25, 0.3) is 0 Å². The molecule has 0 amide bonds. The van der Waals surface area contributed by atoms with Crippen molar-refractivity contribution in [3.63, 3.8) is 0 Å². The number of rotatable bonds is 5. The van der Waals surface area contributed by atoms with Crippen molar-refractivity contribution < 1.29 is 17.9 Å². The van der Waals surface area contributed by atoms with Gasteiger partial charge in [0.15, 0.2) is 0 Å². The Morgan fingerprint density at radius 3 is 2.28 bits per heavy atom. The lowest BCUT2D eigenvalue weighted by atomic mass is 10.2. The van der Waals surface area contributed by atoms with Crippen LogP contribution >= 0.6 is 0 Å². The fraction of sp³-hybridized carbons (Fsp3) is 0.364. The van der Waals surface area contributed by atoms with Gasteiger partial charge in [-0.1, -0.05) is 12.1 Å². The zero-order chi connectivity index (χ0) is 13.8. The Hall–Kier alpha value is -1.44. The molecule has 0 heterocycles. The number of carbonyl (C=O) groups excluding carboxylic acids is 1. The number of sulfonamides is 1. The molecule has 0 radical (unpaired) electrons. The number of methoxy groups -OCH3 is 1. The fourth-order valence-electron chi connectivity index (χ4n) is 1.32. The van der Waals surface area contributed by atoms with E-state index in [-0.39, 0.29) is 17.3 Å². The third-order valence-electron chi connectivity index (χ3n) is 2.11. The topological polar surface area (TPSA) is 75.7 Å². The van der Waals surface area contributed by atoms with Gasteiger partial charge in [-0.25, -0.2) is 13.4 Å². The monoisotopic (exact) mass is 272 g/mol. The van der Waals surface area contributed by atoms with Crippen LogP contribution in [-0.2, 0) is 26.0 Å². The van der Waals surface area contributed by atoms with E-state index in [2.05, 4.69) is 9.57 Å². The van der Waals surface area contributed by atoms with Gasteiger partial charge in [0.2, 0.25) is 0 Å². The van der Waals surface area contributed by atoms with Crippen LogP contribution in [0, 0.1) is 0 Å². The highest BCUT2D eigenvalue weighted by Crippen LogP contribution is 2.11.